The highest BCUT2D eigenvalue weighted by Crippen LogP contribution is 2.42. The van der Waals surface area contributed by atoms with Gasteiger partial charge in [0.05, 0.1) is 0 Å². The summed E-state index contributed by atoms with van der Waals surface area (Å²) in [7, 11) is 0. The van der Waals surface area contributed by atoms with Gasteiger partial charge in [-0.25, -0.2) is 28.9 Å². The SMILES string of the molecule is C[C@]1(c2nc(N)ccc2F)N=C(NC(=O)O)O[C@H](C(F)(F)F)[C@@H]1F. The van der Waals surface area contributed by atoms with Gasteiger partial charge in [-0.3, -0.25) is 0 Å². The Labute approximate surface area is 131 Å². The molecule has 2 rings (SSSR count). The first kappa shape index (κ1) is 17.7. The van der Waals surface area contributed by atoms with E-state index in [2.05, 4.69) is 14.7 Å². The number of amides is 1. The first-order valence-corrected chi connectivity index (χ1v) is 6.35. The van der Waals surface area contributed by atoms with E-state index >= 15 is 0 Å². The molecule has 12 heteroatoms. The topological polar surface area (TPSA) is 110 Å². The van der Waals surface area contributed by atoms with Crippen LogP contribution in [0.25, 0.3) is 0 Å². The second-order valence-electron chi connectivity index (χ2n) is 5.04. The molecule has 1 aliphatic rings. The highest BCUT2D eigenvalue weighted by atomic mass is 19.4. The lowest BCUT2D eigenvalue weighted by Crippen LogP contribution is -2.56. The van der Waals surface area contributed by atoms with Crippen LogP contribution in [0.1, 0.15) is 12.6 Å². The van der Waals surface area contributed by atoms with Crippen LogP contribution in [0.2, 0.25) is 0 Å². The fourth-order valence-corrected chi connectivity index (χ4v) is 2.15. The first-order chi connectivity index (χ1) is 10.9. The Balaban J connectivity index is 2.62. The number of aromatic nitrogens is 1. The molecule has 1 amide bonds. The largest absolute Gasteiger partial charge is 0.465 e. The number of amidine groups is 1. The number of pyridine rings is 1. The molecule has 1 aromatic heterocycles. The Morgan fingerprint density at radius 3 is 2.62 bits per heavy atom. The molecule has 3 atom stereocenters. The number of nitrogens with one attached hydrogen (secondary N) is 1. The van der Waals surface area contributed by atoms with Crippen molar-refractivity contribution < 1.29 is 36.6 Å². The minimum Gasteiger partial charge on any atom is -0.465 e. The van der Waals surface area contributed by atoms with Crippen molar-refractivity contribution in [2.45, 2.75) is 30.9 Å². The number of nitrogen functional groups attached to an aromatic ring is 1. The standard InChI is InChI=1S/C12H11F5N4O3/c1-11(7-4(13)2-3-5(18)19-7)6(14)8(12(15,16)17)24-9(21-11)20-10(22)23/h2-3,6,8H,1H3,(H2,18,19)(H,20,21)(H,22,23)/t6-,8-,11-/m0/s1. The van der Waals surface area contributed by atoms with Gasteiger partial charge in [-0.2, -0.15) is 13.2 Å². The Kier molecular flexibility index (Phi) is 4.25. The summed E-state index contributed by atoms with van der Waals surface area (Å²) in [6.07, 6.45) is -13.0. The number of rotatable bonds is 1. The van der Waals surface area contributed by atoms with Gasteiger partial charge in [-0.15, -0.1) is 0 Å². The maximum atomic E-state index is 14.5. The lowest BCUT2D eigenvalue weighted by atomic mass is 9.87. The van der Waals surface area contributed by atoms with Gasteiger partial charge in [0.1, 0.15) is 22.9 Å². The Hall–Kier alpha value is -2.66. The molecule has 24 heavy (non-hydrogen) atoms. The molecule has 132 valence electrons. The molecule has 4 N–H and O–H groups in total. The van der Waals surface area contributed by atoms with Crippen LogP contribution in [0.4, 0.5) is 32.6 Å². The number of nitrogens with two attached hydrogens (primary N) is 1. The minimum absolute atomic E-state index is 0.280. The number of nitrogens with zero attached hydrogens (tertiary/aromatic N) is 2. The molecular weight excluding hydrogens is 343 g/mol. The van der Waals surface area contributed by atoms with Crippen LogP contribution in [0.3, 0.4) is 0 Å². The van der Waals surface area contributed by atoms with Gasteiger partial charge in [-0.05, 0) is 19.1 Å². The molecule has 0 saturated carbocycles. The van der Waals surface area contributed by atoms with Crippen molar-refractivity contribution in [1.82, 2.24) is 10.3 Å². The Morgan fingerprint density at radius 1 is 1.46 bits per heavy atom. The van der Waals surface area contributed by atoms with Crippen LogP contribution < -0.4 is 11.1 Å². The smallest absolute Gasteiger partial charge is 0.428 e. The molecule has 0 aliphatic carbocycles. The molecule has 0 unspecified atom stereocenters. The van der Waals surface area contributed by atoms with E-state index in [0.717, 1.165) is 19.1 Å². The highest BCUT2D eigenvalue weighted by Gasteiger charge is 2.59. The van der Waals surface area contributed by atoms with Crippen molar-refractivity contribution in [1.29, 1.82) is 0 Å². The van der Waals surface area contributed by atoms with Crippen LogP contribution in [0.15, 0.2) is 17.1 Å². The van der Waals surface area contributed by atoms with Crippen molar-refractivity contribution in [2.75, 3.05) is 5.73 Å². The lowest BCUT2D eigenvalue weighted by molar-refractivity contribution is -0.228. The quantitative estimate of drug-likeness (QED) is 0.668. The van der Waals surface area contributed by atoms with Gasteiger partial charge in [-0.1, -0.05) is 0 Å². The summed E-state index contributed by atoms with van der Waals surface area (Å²) in [5.41, 5.74) is 2.04. The van der Waals surface area contributed by atoms with E-state index in [4.69, 9.17) is 10.8 Å². The average Bonchev–Trinajstić information content (AvgIpc) is 2.43. The zero-order valence-electron chi connectivity index (χ0n) is 11.9. The number of alkyl halides is 4. The Morgan fingerprint density at radius 2 is 2.08 bits per heavy atom. The summed E-state index contributed by atoms with van der Waals surface area (Å²) in [4.78, 5) is 17.6. The van der Waals surface area contributed by atoms with E-state index in [0.29, 0.717) is 0 Å². The van der Waals surface area contributed by atoms with E-state index in [1.165, 1.54) is 5.32 Å². The Bertz CT molecular complexity index is 696. The van der Waals surface area contributed by atoms with E-state index in [9.17, 15) is 26.7 Å². The number of carboxylic acid groups (broad SMARTS) is 1. The van der Waals surface area contributed by atoms with E-state index in [1.54, 1.807) is 0 Å². The molecule has 0 fully saturated rings. The minimum atomic E-state index is -5.21. The van der Waals surface area contributed by atoms with Gasteiger partial charge in [0, 0.05) is 0 Å². The maximum absolute atomic E-state index is 14.5. The number of aliphatic imine (C=N–C) groups is 1. The third kappa shape index (κ3) is 3.16. The van der Waals surface area contributed by atoms with Crippen LogP contribution >= 0.6 is 0 Å². The summed E-state index contributed by atoms with van der Waals surface area (Å²) in [5, 5.41) is 10.1. The van der Waals surface area contributed by atoms with Gasteiger partial charge < -0.3 is 15.6 Å². The molecular formula is C12H11F5N4O3. The lowest BCUT2D eigenvalue weighted by Gasteiger charge is -2.38. The zero-order valence-corrected chi connectivity index (χ0v) is 11.9. The monoisotopic (exact) mass is 354 g/mol. The number of hydrogen-bond donors (Lipinski definition) is 3. The number of carbonyl (C=O) groups is 1. The predicted molar refractivity (Wildman–Crippen MR) is 70.4 cm³/mol. The number of ether oxygens (including phenoxy) is 1. The summed E-state index contributed by atoms with van der Waals surface area (Å²) >= 11 is 0. The van der Waals surface area contributed by atoms with Crippen molar-refractivity contribution in [3.8, 4) is 0 Å². The predicted octanol–water partition coefficient (Wildman–Crippen LogP) is 1.94. The summed E-state index contributed by atoms with van der Waals surface area (Å²) in [6.45, 7) is 0.827. The van der Waals surface area contributed by atoms with Gasteiger partial charge >= 0.3 is 12.3 Å². The van der Waals surface area contributed by atoms with Crippen LogP contribution in [-0.4, -0.2) is 40.7 Å². The fraction of sp³-hybridized carbons (Fsp3) is 0.417. The van der Waals surface area contributed by atoms with E-state index in [-0.39, 0.29) is 5.82 Å². The maximum Gasteiger partial charge on any atom is 0.428 e. The molecule has 7 nitrogen and oxygen atoms in total. The molecule has 0 aromatic carbocycles. The first-order valence-electron chi connectivity index (χ1n) is 6.35. The van der Waals surface area contributed by atoms with Crippen LogP contribution in [0.5, 0.6) is 0 Å². The van der Waals surface area contributed by atoms with Crippen LogP contribution in [0, 0.1) is 5.82 Å². The molecule has 1 aromatic rings. The normalized spacial score (nSPS) is 27.2. The molecule has 0 bridgehead atoms. The molecule has 0 saturated heterocycles. The van der Waals surface area contributed by atoms with Gasteiger partial charge in [0.25, 0.3) is 6.02 Å². The van der Waals surface area contributed by atoms with Crippen molar-refractivity contribution in [3.63, 3.8) is 0 Å². The van der Waals surface area contributed by atoms with Crippen LogP contribution in [-0.2, 0) is 10.3 Å². The molecule has 0 spiro atoms. The molecule has 2 heterocycles. The molecule has 1 aliphatic heterocycles. The number of anilines is 1. The van der Waals surface area contributed by atoms with Crippen molar-refractivity contribution in [3.05, 3.63) is 23.6 Å². The number of halogens is 5. The third-order valence-corrected chi connectivity index (χ3v) is 3.26. The summed E-state index contributed by atoms with van der Waals surface area (Å²) in [6, 6.07) is 0.675. The summed E-state index contributed by atoms with van der Waals surface area (Å²) < 4.78 is 71.8. The fourth-order valence-electron chi connectivity index (χ4n) is 2.15. The second kappa shape index (κ2) is 5.76. The van der Waals surface area contributed by atoms with E-state index < -0.39 is 47.6 Å². The average molecular weight is 354 g/mol. The molecule has 0 radical (unpaired) electrons. The number of hydrogen-bond acceptors (Lipinski definition) is 5. The van der Waals surface area contributed by atoms with Gasteiger partial charge in [0.15, 0.2) is 6.17 Å². The zero-order chi connectivity index (χ0) is 18.3. The van der Waals surface area contributed by atoms with E-state index in [1.807, 2.05) is 0 Å². The van der Waals surface area contributed by atoms with Crippen molar-refractivity contribution >= 4 is 17.9 Å². The van der Waals surface area contributed by atoms with Gasteiger partial charge in [0.2, 0.25) is 6.10 Å². The summed E-state index contributed by atoms with van der Waals surface area (Å²) in [5.74, 6) is -1.44. The second-order valence-corrected chi connectivity index (χ2v) is 5.04. The van der Waals surface area contributed by atoms with Crippen molar-refractivity contribution in [2.24, 2.45) is 4.99 Å². The third-order valence-electron chi connectivity index (χ3n) is 3.26. The highest BCUT2D eigenvalue weighted by molar-refractivity contribution is 5.90.